The first-order chi connectivity index (χ1) is 12.1. The lowest BCUT2D eigenvalue weighted by Gasteiger charge is -2.17. The van der Waals surface area contributed by atoms with E-state index in [2.05, 4.69) is 63.1 Å². The molecule has 0 aliphatic heterocycles. The van der Waals surface area contributed by atoms with Gasteiger partial charge in [0.15, 0.2) is 5.96 Å². The monoisotopic (exact) mass is 534 g/mol. The fraction of sp³-hybridized carbons (Fsp3) is 0.579. The molecule has 5 nitrogen and oxygen atoms in total. The molecule has 0 heterocycles. The van der Waals surface area contributed by atoms with Crippen LogP contribution in [0, 0.1) is 5.92 Å². The average molecular weight is 535 g/mol. The van der Waals surface area contributed by atoms with Crippen LogP contribution < -0.4 is 16.0 Å². The Labute approximate surface area is 181 Å². The van der Waals surface area contributed by atoms with Crippen molar-refractivity contribution in [2.24, 2.45) is 10.9 Å². The summed E-state index contributed by atoms with van der Waals surface area (Å²) in [7, 11) is 0. The van der Waals surface area contributed by atoms with E-state index in [-0.39, 0.29) is 41.2 Å². The standard InChI is InChI=1S/C19H27BrN4O.HI/c1-2-21-18(23-12-11-22-17(25)14-7-8-14)24-13-19(9-10-19)15-5-3-4-6-16(15)20;/h3-6,14H,2,7-13H2,1H3,(H,22,25)(H2,21,23,24);1H. The number of halogens is 2. The minimum atomic E-state index is 0. The van der Waals surface area contributed by atoms with Crippen molar-refractivity contribution in [1.82, 2.24) is 16.0 Å². The van der Waals surface area contributed by atoms with Gasteiger partial charge in [0, 0.05) is 35.4 Å². The molecule has 0 saturated heterocycles. The predicted molar refractivity (Wildman–Crippen MR) is 120 cm³/mol. The van der Waals surface area contributed by atoms with Gasteiger partial charge in [-0.2, -0.15) is 0 Å². The second kappa shape index (κ2) is 9.92. The molecule has 2 saturated carbocycles. The highest BCUT2D eigenvalue weighted by Crippen LogP contribution is 2.50. The van der Waals surface area contributed by atoms with E-state index < -0.39 is 0 Å². The van der Waals surface area contributed by atoms with Gasteiger partial charge in [0.25, 0.3) is 0 Å². The van der Waals surface area contributed by atoms with Crippen molar-refractivity contribution in [2.45, 2.75) is 38.0 Å². The molecule has 3 N–H and O–H groups in total. The minimum Gasteiger partial charge on any atom is -0.357 e. The van der Waals surface area contributed by atoms with Crippen LogP contribution in [0.4, 0.5) is 0 Å². The maximum absolute atomic E-state index is 11.6. The van der Waals surface area contributed by atoms with Crippen LogP contribution in [0.3, 0.4) is 0 Å². The average Bonchev–Trinajstić information content (AvgIpc) is 3.51. The van der Waals surface area contributed by atoms with Crippen LogP contribution in [0.2, 0.25) is 0 Å². The van der Waals surface area contributed by atoms with Gasteiger partial charge in [0.1, 0.15) is 0 Å². The summed E-state index contributed by atoms with van der Waals surface area (Å²) in [6.07, 6.45) is 4.44. The second-order valence-corrected chi connectivity index (χ2v) is 7.80. The summed E-state index contributed by atoms with van der Waals surface area (Å²) in [6.45, 7) is 4.98. The van der Waals surface area contributed by atoms with Crippen LogP contribution in [-0.4, -0.2) is 38.0 Å². The minimum absolute atomic E-state index is 0. The van der Waals surface area contributed by atoms with E-state index in [1.165, 1.54) is 22.9 Å². The number of carbonyl (C=O) groups is 1. The van der Waals surface area contributed by atoms with Crippen LogP contribution in [0.25, 0.3) is 0 Å². The van der Waals surface area contributed by atoms with Gasteiger partial charge in [-0.1, -0.05) is 34.1 Å². The Kier molecular flexibility index (Phi) is 8.19. The van der Waals surface area contributed by atoms with Crippen molar-refractivity contribution in [3.8, 4) is 0 Å². The third-order valence-electron chi connectivity index (χ3n) is 4.85. The fourth-order valence-corrected chi connectivity index (χ4v) is 3.69. The highest BCUT2D eigenvalue weighted by molar-refractivity contribution is 14.0. The molecule has 2 aliphatic carbocycles. The molecule has 1 aromatic rings. The molecule has 0 atom stereocenters. The van der Waals surface area contributed by atoms with Gasteiger partial charge < -0.3 is 16.0 Å². The predicted octanol–water partition coefficient (Wildman–Crippen LogP) is 3.18. The van der Waals surface area contributed by atoms with E-state index in [0.29, 0.717) is 13.1 Å². The lowest BCUT2D eigenvalue weighted by atomic mass is 9.96. The summed E-state index contributed by atoms with van der Waals surface area (Å²) in [4.78, 5) is 16.4. The Hall–Kier alpha value is -0.830. The number of rotatable bonds is 8. The third-order valence-corrected chi connectivity index (χ3v) is 5.54. The van der Waals surface area contributed by atoms with Crippen LogP contribution in [0.5, 0.6) is 0 Å². The first kappa shape index (κ1) is 21.5. The van der Waals surface area contributed by atoms with Gasteiger partial charge in [-0.25, -0.2) is 0 Å². The normalized spacial score (nSPS) is 17.8. The largest absolute Gasteiger partial charge is 0.357 e. The maximum Gasteiger partial charge on any atom is 0.223 e. The SMILES string of the molecule is CCNC(=NCC1(c2ccccc2Br)CC1)NCCNC(=O)C1CC1.I. The van der Waals surface area contributed by atoms with E-state index in [4.69, 9.17) is 4.99 Å². The number of hydrogen-bond donors (Lipinski definition) is 3. The van der Waals surface area contributed by atoms with Gasteiger partial charge in [-0.05, 0) is 44.2 Å². The van der Waals surface area contributed by atoms with E-state index >= 15 is 0 Å². The Morgan fingerprint density at radius 1 is 1.19 bits per heavy atom. The fourth-order valence-electron chi connectivity index (χ4n) is 2.98. The first-order valence-corrected chi connectivity index (χ1v) is 9.99. The summed E-state index contributed by atoms with van der Waals surface area (Å²) in [5, 5.41) is 9.57. The Balaban J connectivity index is 0.00000243. The first-order valence-electron chi connectivity index (χ1n) is 9.19. The summed E-state index contributed by atoms with van der Waals surface area (Å²) < 4.78 is 1.17. The summed E-state index contributed by atoms with van der Waals surface area (Å²) in [5.41, 5.74) is 1.52. The molecule has 0 spiro atoms. The molecule has 0 unspecified atom stereocenters. The molecule has 144 valence electrons. The third kappa shape index (κ3) is 5.84. The van der Waals surface area contributed by atoms with Gasteiger partial charge in [0.2, 0.25) is 5.91 Å². The van der Waals surface area contributed by atoms with Crippen molar-refractivity contribution in [2.75, 3.05) is 26.2 Å². The molecule has 0 bridgehead atoms. The lowest BCUT2D eigenvalue weighted by Crippen LogP contribution is -2.42. The highest BCUT2D eigenvalue weighted by atomic mass is 127. The topological polar surface area (TPSA) is 65.5 Å². The van der Waals surface area contributed by atoms with Gasteiger partial charge >= 0.3 is 0 Å². The van der Waals surface area contributed by atoms with Gasteiger partial charge in [-0.3, -0.25) is 9.79 Å². The van der Waals surface area contributed by atoms with Gasteiger partial charge in [-0.15, -0.1) is 24.0 Å². The van der Waals surface area contributed by atoms with Crippen LogP contribution in [0.15, 0.2) is 33.7 Å². The maximum atomic E-state index is 11.6. The van der Waals surface area contributed by atoms with Gasteiger partial charge in [0.05, 0.1) is 6.54 Å². The van der Waals surface area contributed by atoms with Crippen LogP contribution in [-0.2, 0) is 10.2 Å². The summed E-state index contributed by atoms with van der Waals surface area (Å²) in [6, 6.07) is 8.44. The van der Waals surface area contributed by atoms with E-state index in [9.17, 15) is 4.79 Å². The van der Waals surface area contributed by atoms with Crippen molar-refractivity contribution < 1.29 is 4.79 Å². The van der Waals surface area contributed by atoms with Crippen LogP contribution >= 0.6 is 39.9 Å². The smallest absolute Gasteiger partial charge is 0.223 e. The van der Waals surface area contributed by atoms with E-state index in [1.54, 1.807) is 0 Å². The molecule has 0 radical (unpaired) electrons. The van der Waals surface area contributed by atoms with Crippen molar-refractivity contribution in [1.29, 1.82) is 0 Å². The Morgan fingerprint density at radius 2 is 1.88 bits per heavy atom. The highest BCUT2D eigenvalue weighted by Gasteiger charge is 2.45. The van der Waals surface area contributed by atoms with E-state index in [0.717, 1.165) is 31.9 Å². The molecule has 2 fully saturated rings. The van der Waals surface area contributed by atoms with Crippen molar-refractivity contribution in [3.05, 3.63) is 34.3 Å². The Bertz CT molecular complexity index is 644. The summed E-state index contributed by atoms with van der Waals surface area (Å²) >= 11 is 3.67. The molecule has 0 aromatic heterocycles. The molecule has 7 heteroatoms. The number of nitrogens with one attached hydrogen (secondary N) is 3. The molecule has 2 aliphatic rings. The second-order valence-electron chi connectivity index (χ2n) is 6.95. The molecule has 1 amide bonds. The van der Waals surface area contributed by atoms with E-state index in [1.807, 2.05) is 0 Å². The number of aliphatic imine (C=N–C) groups is 1. The molecular weight excluding hydrogens is 507 g/mol. The number of amides is 1. The lowest BCUT2D eigenvalue weighted by molar-refractivity contribution is -0.122. The molecular formula is C19H28BrIN4O. The number of hydrogen-bond acceptors (Lipinski definition) is 2. The number of carbonyl (C=O) groups excluding carboxylic acids is 1. The molecule has 3 rings (SSSR count). The Morgan fingerprint density at radius 3 is 2.50 bits per heavy atom. The molecule has 26 heavy (non-hydrogen) atoms. The zero-order valence-corrected chi connectivity index (χ0v) is 19.1. The molecule has 1 aromatic carbocycles. The summed E-state index contributed by atoms with van der Waals surface area (Å²) in [5.74, 6) is 1.28. The van der Waals surface area contributed by atoms with Crippen molar-refractivity contribution in [3.63, 3.8) is 0 Å². The quantitative estimate of drug-likeness (QED) is 0.208. The number of guanidine groups is 1. The number of nitrogens with zero attached hydrogens (tertiary/aromatic N) is 1. The zero-order chi connectivity index (χ0) is 17.7. The number of benzene rings is 1. The zero-order valence-electron chi connectivity index (χ0n) is 15.2. The van der Waals surface area contributed by atoms with Crippen molar-refractivity contribution >= 4 is 51.8 Å². The van der Waals surface area contributed by atoms with Crippen LogP contribution in [0.1, 0.15) is 38.2 Å².